The van der Waals surface area contributed by atoms with Crippen molar-refractivity contribution >= 4 is 15.9 Å². The van der Waals surface area contributed by atoms with Crippen LogP contribution in [0.15, 0.2) is 36.0 Å². The summed E-state index contributed by atoms with van der Waals surface area (Å²) < 4.78 is 37.1. The lowest BCUT2D eigenvalue weighted by atomic mass is 10.1. The molecule has 0 radical (unpaired) electrons. The van der Waals surface area contributed by atoms with E-state index >= 15 is 0 Å². The van der Waals surface area contributed by atoms with Crippen molar-refractivity contribution < 1.29 is 13.2 Å². The van der Waals surface area contributed by atoms with E-state index < -0.39 is 11.7 Å². The zero-order valence-corrected chi connectivity index (χ0v) is 8.74. The molecular weight excluding hydrogens is 245 g/mol. The maximum Gasteiger partial charge on any atom is 0.416 e. The van der Waals surface area contributed by atoms with Crippen LogP contribution in [0, 0.1) is 0 Å². The number of allylic oxidation sites excluding steroid dienone is 5. The SMILES string of the molecule is C=CC(CBr)=C(C=CC)C(F)(F)F. The predicted octanol–water partition coefficient (Wildman–Crippen LogP) is 4.00. The summed E-state index contributed by atoms with van der Waals surface area (Å²) in [6, 6.07) is 0. The summed E-state index contributed by atoms with van der Waals surface area (Å²) in [5, 5.41) is 0.148. The van der Waals surface area contributed by atoms with Crippen LogP contribution in [0.1, 0.15) is 6.92 Å². The Bertz CT molecular complexity index is 236. The molecular formula is C9H10BrF3. The number of rotatable bonds is 3. The minimum absolute atomic E-state index is 0.144. The monoisotopic (exact) mass is 254 g/mol. The Labute approximate surface area is 84.0 Å². The molecule has 0 aliphatic heterocycles. The first-order valence-corrected chi connectivity index (χ1v) is 4.71. The Balaban J connectivity index is 5.21. The molecule has 0 aromatic carbocycles. The van der Waals surface area contributed by atoms with Gasteiger partial charge < -0.3 is 0 Å². The first-order valence-electron chi connectivity index (χ1n) is 3.58. The van der Waals surface area contributed by atoms with E-state index in [4.69, 9.17) is 0 Å². The summed E-state index contributed by atoms with van der Waals surface area (Å²) in [6.07, 6.45) is -0.714. The van der Waals surface area contributed by atoms with Gasteiger partial charge in [0.1, 0.15) is 0 Å². The topological polar surface area (TPSA) is 0 Å². The quantitative estimate of drug-likeness (QED) is 0.528. The second-order valence-electron chi connectivity index (χ2n) is 2.27. The summed E-state index contributed by atoms with van der Waals surface area (Å²) in [5.41, 5.74) is -0.507. The van der Waals surface area contributed by atoms with E-state index in [1.54, 1.807) is 6.92 Å². The Morgan fingerprint density at radius 3 is 2.23 bits per heavy atom. The van der Waals surface area contributed by atoms with Crippen molar-refractivity contribution in [3.63, 3.8) is 0 Å². The summed E-state index contributed by atoms with van der Waals surface area (Å²) in [7, 11) is 0. The molecule has 0 fully saturated rings. The lowest BCUT2D eigenvalue weighted by Crippen LogP contribution is -2.12. The van der Waals surface area contributed by atoms with Crippen molar-refractivity contribution in [1.29, 1.82) is 0 Å². The van der Waals surface area contributed by atoms with Crippen LogP contribution in [0.3, 0.4) is 0 Å². The van der Waals surface area contributed by atoms with E-state index in [1.807, 2.05) is 0 Å². The van der Waals surface area contributed by atoms with Crippen molar-refractivity contribution in [2.75, 3.05) is 5.33 Å². The fourth-order valence-corrected chi connectivity index (χ4v) is 1.32. The van der Waals surface area contributed by atoms with Crippen LogP contribution >= 0.6 is 15.9 Å². The molecule has 0 saturated heterocycles. The second-order valence-corrected chi connectivity index (χ2v) is 2.84. The first-order chi connectivity index (χ1) is 5.97. The largest absolute Gasteiger partial charge is 0.416 e. The van der Waals surface area contributed by atoms with E-state index in [1.165, 1.54) is 12.2 Å². The van der Waals surface area contributed by atoms with Crippen molar-refractivity contribution in [1.82, 2.24) is 0 Å². The smallest absolute Gasteiger partial charge is 0.166 e. The molecule has 0 aromatic rings. The number of halogens is 4. The van der Waals surface area contributed by atoms with Crippen LogP contribution in [0.2, 0.25) is 0 Å². The van der Waals surface area contributed by atoms with Gasteiger partial charge in [-0.05, 0) is 12.5 Å². The van der Waals surface area contributed by atoms with Gasteiger partial charge in [-0.3, -0.25) is 0 Å². The molecule has 0 aliphatic carbocycles. The average Bonchev–Trinajstić information content (AvgIpc) is 2.03. The first kappa shape index (κ1) is 12.5. The molecule has 4 heteroatoms. The van der Waals surface area contributed by atoms with Crippen molar-refractivity contribution in [3.05, 3.63) is 36.0 Å². The van der Waals surface area contributed by atoms with Gasteiger partial charge in [0.2, 0.25) is 0 Å². The summed E-state index contributed by atoms with van der Waals surface area (Å²) in [4.78, 5) is 0. The zero-order valence-electron chi connectivity index (χ0n) is 7.16. The van der Waals surface area contributed by atoms with Crippen LogP contribution in [0.5, 0.6) is 0 Å². The van der Waals surface area contributed by atoms with Crippen LogP contribution < -0.4 is 0 Å². The van der Waals surface area contributed by atoms with Gasteiger partial charge in [-0.2, -0.15) is 13.2 Å². The van der Waals surface area contributed by atoms with Gasteiger partial charge in [-0.15, -0.1) is 0 Å². The number of hydrogen-bond acceptors (Lipinski definition) is 0. The Kier molecular flexibility index (Phi) is 5.06. The molecule has 74 valence electrons. The third-order valence-corrected chi connectivity index (χ3v) is 1.98. The van der Waals surface area contributed by atoms with E-state index in [0.717, 1.165) is 6.08 Å². The predicted molar refractivity (Wildman–Crippen MR) is 51.9 cm³/mol. The summed E-state index contributed by atoms with van der Waals surface area (Å²) in [5.74, 6) is 0. The molecule has 0 amide bonds. The van der Waals surface area contributed by atoms with Crippen molar-refractivity contribution in [3.8, 4) is 0 Å². The molecule has 13 heavy (non-hydrogen) atoms. The lowest BCUT2D eigenvalue weighted by Gasteiger charge is -2.10. The Morgan fingerprint density at radius 2 is 2.00 bits per heavy atom. The highest BCUT2D eigenvalue weighted by Crippen LogP contribution is 2.30. The van der Waals surface area contributed by atoms with Gasteiger partial charge in [-0.1, -0.05) is 40.7 Å². The molecule has 0 unspecified atom stereocenters. The number of alkyl halides is 4. The summed E-state index contributed by atoms with van der Waals surface area (Å²) in [6.45, 7) is 4.87. The second kappa shape index (κ2) is 5.27. The maximum absolute atomic E-state index is 12.4. The third kappa shape index (κ3) is 3.81. The van der Waals surface area contributed by atoms with Crippen molar-refractivity contribution in [2.45, 2.75) is 13.1 Å². The third-order valence-electron chi connectivity index (χ3n) is 1.38. The van der Waals surface area contributed by atoms with Crippen LogP contribution in [-0.4, -0.2) is 11.5 Å². The van der Waals surface area contributed by atoms with E-state index in [9.17, 15) is 13.2 Å². The maximum atomic E-state index is 12.4. The summed E-state index contributed by atoms with van der Waals surface area (Å²) >= 11 is 2.98. The molecule has 0 spiro atoms. The molecule has 0 saturated carbocycles. The molecule has 0 bridgehead atoms. The minimum Gasteiger partial charge on any atom is -0.166 e. The van der Waals surface area contributed by atoms with Gasteiger partial charge >= 0.3 is 6.18 Å². The average molecular weight is 255 g/mol. The van der Waals surface area contributed by atoms with E-state index in [2.05, 4.69) is 22.5 Å². The van der Waals surface area contributed by atoms with Crippen molar-refractivity contribution in [2.24, 2.45) is 0 Å². The normalized spacial score (nSPS) is 14.5. The van der Waals surface area contributed by atoms with Crippen LogP contribution in [0.4, 0.5) is 13.2 Å². The molecule has 0 N–H and O–H groups in total. The molecule has 0 aliphatic rings. The van der Waals surface area contributed by atoms with E-state index in [0.29, 0.717) is 0 Å². The fraction of sp³-hybridized carbons (Fsp3) is 0.333. The standard InChI is InChI=1S/C9H10BrF3/c1-3-5-8(9(11,12)13)7(4-2)6-10/h3-5H,2,6H2,1H3. The van der Waals surface area contributed by atoms with Gasteiger partial charge in [0, 0.05) is 5.33 Å². The molecule has 0 heterocycles. The van der Waals surface area contributed by atoms with Gasteiger partial charge in [0.15, 0.2) is 0 Å². The highest BCUT2D eigenvalue weighted by atomic mass is 79.9. The van der Waals surface area contributed by atoms with E-state index in [-0.39, 0.29) is 10.9 Å². The van der Waals surface area contributed by atoms with Crippen LogP contribution in [0.25, 0.3) is 0 Å². The molecule has 0 rings (SSSR count). The Morgan fingerprint density at radius 1 is 1.46 bits per heavy atom. The Hall–Kier alpha value is -0.510. The number of hydrogen-bond donors (Lipinski definition) is 0. The minimum atomic E-state index is -4.32. The molecule has 0 atom stereocenters. The highest BCUT2D eigenvalue weighted by Gasteiger charge is 2.33. The molecule has 0 nitrogen and oxygen atoms in total. The molecule has 0 aromatic heterocycles. The van der Waals surface area contributed by atoms with Gasteiger partial charge in [0.05, 0.1) is 5.57 Å². The lowest BCUT2D eigenvalue weighted by molar-refractivity contribution is -0.0887. The highest BCUT2D eigenvalue weighted by molar-refractivity contribution is 9.09. The van der Waals surface area contributed by atoms with Gasteiger partial charge in [-0.25, -0.2) is 0 Å². The zero-order chi connectivity index (χ0) is 10.5. The van der Waals surface area contributed by atoms with Crippen LogP contribution in [-0.2, 0) is 0 Å². The fourth-order valence-electron chi connectivity index (χ4n) is 0.787. The van der Waals surface area contributed by atoms with Gasteiger partial charge in [0.25, 0.3) is 0 Å².